The van der Waals surface area contributed by atoms with Crippen molar-refractivity contribution in [2.75, 3.05) is 25.0 Å². The second kappa shape index (κ2) is 7.46. The summed E-state index contributed by atoms with van der Waals surface area (Å²) in [5, 5.41) is 3.55. The number of hydrogen-bond acceptors (Lipinski definition) is 4. The first-order valence-corrected chi connectivity index (χ1v) is 7.88. The Labute approximate surface area is 127 Å². The number of benzene rings is 1. The smallest absolute Gasteiger partial charge is 0.338 e. The molecule has 4 nitrogen and oxygen atoms in total. The van der Waals surface area contributed by atoms with Gasteiger partial charge in [0.15, 0.2) is 0 Å². The number of ether oxygens (including phenoxy) is 1. The second-order valence-electron chi connectivity index (χ2n) is 5.88. The van der Waals surface area contributed by atoms with E-state index in [0.29, 0.717) is 11.6 Å². The summed E-state index contributed by atoms with van der Waals surface area (Å²) in [7, 11) is 0. The van der Waals surface area contributed by atoms with Crippen LogP contribution in [0.25, 0.3) is 0 Å². The molecule has 0 bridgehead atoms. The van der Waals surface area contributed by atoms with Crippen molar-refractivity contribution < 1.29 is 9.53 Å². The normalized spacial score (nSPS) is 17.0. The predicted octanol–water partition coefficient (Wildman–Crippen LogP) is 3.15. The first-order chi connectivity index (χ1) is 10.1. The molecule has 0 atom stereocenters. The lowest BCUT2D eigenvalue weighted by atomic mass is 10.0. The van der Waals surface area contributed by atoms with Crippen LogP contribution in [0.15, 0.2) is 24.3 Å². The largest absolute Gasteiger partial charge is 0.459 e. The number of esters is 1. The monoisotopic (exact) mass is 290 g/mol. The van der Waals surface area contributed by atoms with Crippen LogP contribution in [0, 0.1) is 0 Å². The van der Waals surface area contributed by atoms with E-state index in [1.165, 1.54) is 12.8 Å². The van der Waals surface area contributed by atoms with Gasteiger partial charge in [-0.05, 0) is 57.5 Å². The summed E-state index contributed by atoms with van der Waals surface area (Å²) in [4.78, 5) is 14.3. The Morgan fingerprint density at radius 3 is 2.43 bits per heavy atom. The fourth-order valence-corrected chi connectivity index (χ4v) is 2.61. The average Bonchev–Trinajstić information content (AvgIpc) is 2.48. The zero-order chi connectivity index (χ0) is 15.2. The molecule has 1 fully saturated rings. The van der Waals surface area contributed by atoms with E-state index in [0.717, 1.165) is 25.3 Å². The topological polar surface area (TPSA) is 41.6 Å². The molecule has 1 aromatic rings. The highest BCUT2D eigenvalue weighted by Crippen LogP contribution is 2.17. The molecule has 0 saturated carbocycles. The minimum Gasteiger partial charge on any atom is -0.459 e. The van der Waals surface area contributed by atoms with Gasteiger partial charge in [-0.25, -0.2) is 4.79 Å². The summed E-state index contributed by atoms with van der Waals surface area (Å²) in [6.07, 6.45) is 2.26. The van der Waals surface area contributed by atoms with Crippen molar-refractivity contribution in [2.24, 2.45) is 0 Å². The van der Waals surface area contributed by atoms with Crippen molar-refractivity contribution in [3.63, 3.8) is 0 Å². The van der Waals surface area contributed by atoms with Crippen LogP contribution in [-0.4, -0.2) is 42.6 Å². The molecule has 116 valence electrons. The molecule has 21 heavy (non-hydrogen) atoms. The molecule has 1 aliphatic rings. The molecule has 1 saturated heterocycles. The first-order valence-electron chi connectivity index (χ1n) is 7.88. The summed E-state index contributed by atoms with van der Waals surface area (Å²) < 4.78 is 5.19. The van der Waals surface area contributed by atoms with Gasteiger partial charge in [0, 0.05) is 24.8 Å². The maximum atomic E-state index is 11.8. The average molecular weight is 290 g/mol. The van der Waals surface area contributed by atoms with Crippen LogP contribution in [0.3, 0.4) is 0 Å². The van der Waals surface area contributed by atoms with E-state index in [2.05, 4.69) is 17.1 Å². The Morgan fingerprint density at radius 1 is 1.29 bits per heavy atom. The van der Waals surface area contributed by atoms with Crippen LogP contribution in [0.4, 0.5) is 5.69 Å². The van der Waals surface area contributed by atoms with Crippen LogP contribution in [-0.2, 0) is 4.74 Å². The molecule has 2 rings (SSSR count). The lowest BCUT2D eigenvalue weighted by molar-refractivity contribution is 0.0378. The molecular formula is C17H26N2O2. The fourth-order valence-electron chi connectivity index (χ4n) is 2.61. The zero-order valence-corrected chi connectivity index (χ0v) is 13.3. The molecule has 0 spiro atoms. The summed E-state index contributed by atoms with van der Waals surface area (Å²) in [6, 6.07) is 8.11. The first kappa shape index (κ1) is 15.8. The van der Waals surface area contributed by atoms with Crippen LogP contribution in [0.5, 0.6) is 0 Å². The molecule has 0 radical (unpaired) electrons. The van der Waals surface area contributed by atoms with Gasteiger partial charge in [-0.3, -0.25) is 0 Å². The fraction of sp³-hybridized carbons (Fsp3) is 0.588. The van der Waals surface area contributed by atoms with E-state index in [1.807, 2.05) is 38.1 Å². The molecule has 1 heterocycles. The number of nitrogens with zero attached hydrogens (tertiary/aromatic N) is 1. The van der Waals surface area contributed by atoms with Gasteiger partial charge >= 0.3 is 5.97 Å². The molecule has 4 heteroatoms. The maximum Gasteiger partial charge on any atom is 0.338 e. The molecule has 1 N–H and O–H groups in total. The van der Waals surface area contributed by atoms with Crippen LogP contribution in [0.2, 0.25) is 0 Å². The lowest BCUT2D eigenvalue weighted by Crippen LogP contribution is -2.38. The van der Waals surface area contributed by atoms with E-state index < -0.39 is 0 Å². The third-order valence-corrected chi connectivity index (χ3v) is 3.87. The lowest BCUT2D eigenvalue weighted by Gasteiger charge is -2.32. The standard InChI is InChI=1S/C17H26N2O2/c1-4-19-11-9-16(10-12-19)18-15-7-5-14(6-8-15)17(20)21-13(2)3/h5-8,13,16,18H,4,9-12H2,1-3H3. The van der Waals surface area contributed by atoms with Gasteiger partial charge in [-0.15, -0.1) is 0 Å². The van der Waals surface area contributed by atoms with Crippen molar-refractivity contribution in [2.45, 2.75) is 45.8 Å². The van der Waals surface area contributed by atoms with Gasteiger partial charge < -0.3 is 15.0 Å². The summed E-state index contributed by atoms with van der Waals surface area (Å²) in [5.74, 6) is -0.257. The van der Waals surface area contributed by atoms with Crippen LogP contribution in [0.1, 0.15) is 44.0 Å². The number of carbonyl (C=O) groups excluding carboxylic acids is 1. The van der Waals surface area contributed by atoms with Crippen LogP contribution >= 0.6 is 0 Å². The molecule has 1 aliphatic heterocycles. The predicted molar refractivity (Wildman–Crippen MR) is 85.8 cm³/mol. The zero-order valence-electron chi connectivity index (χ0n) is 13.3. The Morgan fingerprint density at radius 2 is 1.90 bits per heavy atom. The van der Waals surface area contributed by atoms with Crippen molar-refractivity contribution >= 4 is 11.7 Å². The van der Waals surface area contributed by atoms with Gasteiger partial charge in [-0.2, -0.15) is 0 Å². The minimum atomic E-state index is -0.257. The van der Waals surface area contributed by atoms with Crippen molar-refractivity contribution in [3.8, 4) is 0 Å². The van der Waals surface area contributed by atoms with E-state index in [-0.39, 0.29) is 12.1 Å². The van der Waals surface area contributed by atoms with Crippen molar-refractivity contribution in [1.29, 1.82) is 0 Å². The Hall–Kier alpha value is -1.55. The number of anilines is 1. The van der Waals surface area contributed by atoms with Crippen molar-refractivity contribution in [1.82, 2.24) is 4.90 Å². The Bertz CT molecular complexity index is 448. The summed E-state index contributed by atoms with van der Waals surface area (Å²) in [6.45, 7) is 9.38. The maximum absolute atomic E-state index is 11.8. The quantitative estimate of drug-likeness (QED) is 0.846. The highest BCUT2D eigenvalue weighted by molar-refractivity contribution is 5.89. The number of carbonyl (C=O) groups is 1. The Kier molecular flexibility index (Phi) is 5.62. The molecule has 0 amide bonds. The van der Waals surface area contributed by atoms with E-state index >= 15 is 0 Å². The SMILES string of the molecule is CCN1CCC(Nc2ccc(C(=O)OC(C)C)cc2)CC1. The second-order valence-corrected chi connectivity index (χ2v) is 5.88. The molecular weight excluding hydrogens is 264 g/mol. The van der Waals surface area contributed by atoms with Gasteiger partial charge in [0.2, 0.25) is 0 Å². The molecule has 0 aliphatic carbocycles. The summed E-state index contributed by atoms with van der Waals surface area (Å²) in [5.41, 5.74) is 1.68. The van der Waals surface area contributed by atoms with E-state index in [9.17, 15) is 4.79 Å². The van der Waals surface area contributed by atoms with Crippen LogP contribution < -0.4 is 5.32 Å². The molecule has 0 unspecified atom stereocenters. The minimum absolute atomic E-state index is 0.0842. The Balaban J connectivity index is 1.86. The number of nitrogens with one attached hydrogen (secondary N) is 1. The number of piperidine rings is 1. The van der Waals surface area contributed by atoms with Crippen molar-refractivity contribution in [3.05, 3.63) is 29.8 Å². The van der Waals surface area contributed by atoms with Gasteiger partial charge in [0.25, 0.3) is 0 Å². The summed E-state index contributed by atoms with van der Waals surface area (Å²) >= 11 is 0. The molecule has 0 aromatic heterocycles. The third kappa shape index (κ3) is 4.74. The van der Waals surface area contributed by atoms with Gasteiger partial charge in [-0.1, -0.05) is 6.92 Å². The van der Waals surface area contributed by atoms with E-state index in [4.69, 9.17) is 4.74 Å². The number of hydrogen-bond donors (Lipinski definition) is 1. The highest BCUT2D eigenvalue weighted by Gasteiger charge is 2.17. The highest BCUT2D eigenvalue weighted by atomic mass is 16.5. The van der Waals surface area contributed by atoms with E-state index in [1.54, 1.807) is 0 Å². The third-order valence-electron chi connectivity index (χ3n) is 3.87. The van der Waals surface area contributed by atoms with Gasteiger partial charge in [0.1, 0.15) is 0 Å². The molecule has 1 aromatic carbocycles. The number of rotatable bonds is 5. The number of likely N-dealkylation sites (tertiary alicyclic amines) is 1. The van der Waals surface area contributed by atoms with Gasteiger partial charge in [0.05, 0.1) is 11.7 Å².